The topological polar surface area (TPSA) is 78.9 Å². The van der Waals surface area contributed by atoms with Crippen molar-refractivity contribution in [3.63, 3.8) is 0 Å². The Kier molecular flexibility index (Phi) is 47.4. The van der Waals surface area contributed by atoms with E-state index in [4.69, 9.17) is 14.2 Å². The highest BCUT2D eigenvalue weighted by molar-refractivity contribution is 5.71. The number of carbonyl (C=O) groups is 3. The molecule has 0 aromatic rings. The van der Waals surface area contributed by atoms with Crippen LogP contribution in [0.25, 0.3) is 0 Å². The average Bonchev–Trinajstić information content (AvgIpc) is 3.26. The number of unbranched alkanes of at least 4 members (excludes halogenated alkanes) is 25. The maximum absolute atomic E-state index is 12.8. The molecular weight excluding hydrogens is 757 g/mol. The molecule has 0 heterocycles. The van der Waals surface area contributed by atoms with Crippen LogP contribution in [0.15, 0.2) is 60.8 Å². The lowest BCUT2D eigenvalue weighted by Crippen LogP contribution is -2.30. The molecule has 0 aromatic heterocycles. The smallest absolute Gasteiger partial charge is 0.306 e. The third-order valence-electron chi connectivity index (χ3n) is 11.0. The lowest BCUT2D eigenvalue weighted by Gasteiger charge is -2.18. The maximum Gasteiger partial charge on any atom is 0.306 e. The van der Waals surface area contributed by atoms with E-state index < -0.39 is 6.10 Å². The minimum absolute atomic E-state index is 0.0882. The number of esters is 3. The van der Waals surface area contributed by atoms with Gasteiger partial charge in [0.2, 0.25) is 0 Å². The minimum atomic E-state index is -0.791. The van der Waals surface area contributed by atoms with Gasteiger partial charge in [0.05, 0.1) is 0 Å². The van der Waals surface area contributed by atoms with Gasteiger partial charge in [-0.25, -0.2) is 0 Å². The predicted octanol–water partition coefficient (Wildman–Crippen LogP) is 16.9. The fourth-order valence-corrected chi connectivity index (χ4v) is 7.07. The molecule has 352 valence electrons. The van der Waals surface area contributed by atoms with Gasteiger partial charge in [-0.3, -0.25) is 14.4 Å². The van der Waals surface area contributed by atoms with Crippen LogP contribution in [-0.2, 0) is 28.6 Å². The molecule has 0 fully saturated rings. The number of hydrogen-bond donors (Lipinski definition) is 0. The summed E-state index contributed by atoms with van der Waals surface area (Å²) in [6, 6.07) is 0. The Bertz CT molecular complexity index is 1120. The van der Waals surface area contributed by atoms with Gasteiger partial charge in [-0.1, -0.05) is 204 Å². The summed E-state index contributed by atoms with van der Waals surface area (Å²) in [5.74, 6) is -0.926. The summed E-state index contributed by atoms with van der Waals surface area (Å²) in [5, 5.41) is 0. The van der Waals surface area contributed by atoms with E-state index >= 15 is 0 Å². The average molecular weight is 853 g/mol. The van der Waals surface area contributed by atoms with Gasteiger partial charge in [-0.2, -0.15) is 0 Å². The van der Waals surface area contributed by atoms with E-state index in [0.717, 1.165) is 89.9 Å². The number of carbonyl (C=O) groups excluding carboxylic acids is 3. The van der Waals surface area contributed by atoms with E-state index in [1.54, 1.807) is 0 Å². The molecule has 0 aromatic carbocycles. The quantitative estimate of drug-likeness (QED) is 0.0263. The fourth-order valence-electron chi connectivity index (χ4n) is 7.07. The SMILES string of the molecule is CCCCC/C=C\C/C=C\C/C=C\C/C=C\CCCCCC(=O)O[C@H](COC(=O)CCCCCCC/C=C\CCCCCC)COC(=O)CCCCCCCCCCCCC. The molecule has 0 N–H and O–H groups in total. The molecule has 0 aliphatic heterocycles. The first kappa shape index (κ1) is 58.1. The molecule has 0 aliphatic carbocycles. The first-order valence-electron chi connectivity index (χ1n) is 25.8. The molecule has 6 heteroatoms. The van der Waals surface area contributed by atoms with Gasteiger partial charge in [0.25, 0.3) is 0 Å². The van der Waals surface area contributed by atoms with Gasteiger partial charge in [-0.05, 0) is 89.9 Å². The first-order valence-corrected chi connectivity index (χ1v) is 25.8. The molecule has 0 rings (SSSR count). The van der Waals surface area contributed by atoms with Crippen LogP contribution < -0.4 is 0 Å². The number of rotatable bonds is 46. The van der Waals surface area contributed by atoms with Crippen LogP contribution in [0.4, 0.5) is 0 Å². The summed E-state index contributed by atoms with van der Waals surface area (Å²) < 4.78 is 16.7. The Hall–Kier alpha value is -2.89. The van der Waals surface area contributed by atoms with Crippen LogP contribution in [-0.4, -0.2) is 37.2 Å². The Morgan fingerprint density at radius 1 is 0.328 bits per heavy atom. The Morgan fingerprint density at radius 2 is 0.590 bits per heavy atom. The van der Waals surface area contributed by atoms with E-state index in [-0.39, 0.29) is 31.1 Å². The summed E-state index contributed by atoms with van der Waals surface area (Å²) in [5.41, 5.74) is 0. The van der Waals surface area contributed by atoms with Crippen LogP contribution in [0.2, 0.25) is 0 Å². The maximum atomic E-state index is 12.8. The van der Waals surface area contributed by atoms with Gasteiger partial charge >= 0.3 is 17.9 Å². The number of ether oxygens (including phenoxy) is 3. The summed E-state index contributed by atoms with van der Waals surface area (Å²) >= 11 is 0. The summed E-state index contributed by atoms with van der Waals surface area (Å²) in [6.45, 7) is 6.56. The van der Waals surface area contributed by atoms with Crippen molar-refractivity contribution in [1.82, 2.24) is 0 Å². The van der Waals surface area contributed by atoms with Crippen molar-refractivity contribution in [2.24, 2.45) is 0 Å². The second-order valence-corrected chi connectivity index (χ2v) is 17.1. The van der Waals surface area contributed by atoms with Crippen LogP contribution in [0.5, 0.6) is 0 Å². The molecule has 6 nitrogen and oxygen atoms in total. The van der Waals surface area contributed by atoms with Gasteiger partial charge < -0.3 is 14.2 Å². The van der Waals surface area contributed by atoms with Crippen molar-refractivity contribution in [2.75, 3.05) is 13.2 Å². The van der Waals surface area contributed by atoms with Crippen molar-refractivity contribution >= 4 is 17.9 Å². The second kappa shape index (κ2) is 49.8. The van der Waals surface area contributed by atoms with E-state index in [2.05, 4.69) is 81.5 Å². The summed E-state index contributed by atoms with van der Waals surface area (Å²) in [7, 11) is 0. The second-order valence-electron chi connectivity index (χ2n) is 17.1. The highest BCUT2D eigenvalue weighted by Gasteiger charge is 2.19. The molecule has 0 saturated heterocycles. The van der Waals surface area contributed by atoms with Crippen LogP contribution in [0.1, 0.15) is 252 Å². The third kappa shape index (κ3) is 48.0. The fraction of sp³-hybridized carbons (Fsp3) is 0.764. The van der Waals surface area contributed by atoms with Gasteiger partial charge in [0.1, 0.15) is 13.2 Å². The zero-order valence-corrected chi connectivity index (χ0v) is 40.2. The van der Waals surface area contributed by atoms with Crippen LogP contribution in [0.3, 0.4) is 0 Å². The minimum Gasteiger partial charge on any atom is -0.462 e. The molecule has 0 radical (unpaired) electrons. The molecule has 0 unspecified atom stereocenters. The molecule has 0 saturated carbocycles. The van der Waals surface area contributed by atoms with E-state index in [9.17, 15) is 14.4 Å². The van der Waals surface area contributed by atoms with Crippen molar-refractivity contribution < 1.29 is 28.6 Å². The van der Waals surface area contributed by atoms with E-state index in [1.165, 1.54) is 122 Å². The summed E-state index contributed by atoms with van der Waals surface area (Å²) in [4.78, 5) is 37.9. The third-order valence-corrected chi connectivity index (χ3v) is 11.0. The molecule has 0 amide bonds. The molecule has 1 atom stereocenters. The highest BCUT2D eigenvalue weighted by atomic mass is 16.6. The lowest BCUT2D eigenvalue weighted by atomic mass is 10.1. The molecular formula is C55H96O6. The van der Waals surface area contributed by atoms with Crippen molar-refractivity contribution in [1.29, 1.82) is 0 Å². The largest absolute Gasteiger partial charge is 0.462 e. The Morgan fingerprint density at radius 3 is 1.00 bits per heavy atom. The van der Waals surface area contributed by atoms with Crippen LogP contribution >= 0.6 is 0 Å². The van der Waals surface area contributed by atoms with Crippen LogP contribution in [0, 0.1) is 0 Å². The van der Waals surface area contributed by atoms with Gasteiger partial charge in [0.15, 0.2) is 6.10 Å². The zero-order chi connectivity index (χ0) is 44.4. The van der Waals surface area contributed by atoms with Crippen molar-refractivity contribution in [2.45, 2.75) is 258 Å². The highest BCUT2D eigenvalue weighted by Crippen LogP contribution is 2.14. The Balaban J connectivity index is 4.43. The summed E-state index contributed by atoms with van der Waals surface area (Å²) in [6.07, 6.45) is 60.6. The Labute approximate surface area is 377 Å². The standard InChI is InChI=1S/C55H96O6/c1-4-7-10-13-16-19-22-24-25-26-27-28-29-31-34-37-40-43-46-49-55(58)61-52(50-59-53(56)47-44-41-38-35-32-21-18-15-12-9-6-3)51-60-54(57)48-45-42-39-36-33-30-23-20-17-14-11-8-5-2/h16,19-20,23-25,27-28,31,34,52H,4-15,17-18,21-22,26,29-30,32-33,35-51H2,1-3H3/b19-16-,23-20-,25-24-,28-27-,34-31-/t52-/m0/s1. The predicted molar refractivity (Wildman–Crippen MR) is 261 cm³/mol. The van der Waals surface area contributed by atoms with E-state index in [0.29, 0.717) is 19.3 Å². The monoisotopic (exact) mass is 853 g/mol. The zero-order valence-electron chi connectivity index (χ0n) is 40.2. The van der Waals surface area contributed by atoms with Crippen molar-refractivity contribution in [3.8, 4) is 0 Å². The first-order chi connectivity index (χ1) is 30.0. The number of allylic oxidation sites excluding steroid dienone is 10. The van der Waals surface area contributed by atoms with Crippen molar-refractivity contribution in [3.05, 3.63) is 60.8 Å². The number of hydrogen-bond acceptors (Lipinski definition) is 6. The lowest BCUT2D eigenvalue weighted by molar-refractivity contribution is -0.167. The molecule has 0 aliphatic rings. The molecule has 61 heavy (non-hydrogen) atoms. The van der Waals surface area contributed by atoms with Gasteiger partial charge in [0, 0.05) is 19.3 Å². The van der Waals surface area contributed by atoms with E-state index in [1.807, 2.05) is 0 Å². The van der Waals surface area contributed by atoms with Gasteiger partial charge in [-0.15, -0.1) is 0 Å². The molecule has 0 bridgehead atoms. The molecule has 0 spiro atoms. The normalized spacial score (nSPS) is 12.5.